The maximum atomic E-state index is 12.0. The molecule has 4 N–H and O–H groups in total. The zero-order valence-corrected chi connectivity index (χ0v) is 18.6. The van der Waals surface area contributed by atoms with Crippen molar-refractivity contribution in [1.82, 2.24) is 10.6 Å². The molecule has 0 aliphatic carbocycles. The van der Waals surface area contributed by atoms with E-state index in [4.69, 9.17) is 9.05 Å². The third-order valence-corrected chi connectivity index (χ3v) is 4.83. The van der Waals surface area contributed by atoms with Crippen LogP contribution in [-0.4, -0.2) is 24.8 Å². The van der Waals surface area contributed by atoms with Crippen LogP contribution in [0.5, 0.6) is 11.5 Å². The van der Waals surface area contributed by atoms with Crippen LogP contribution >= 0.6 is 8.38 Å². The van der Waals surface area contributed by atoms with Gasteiger partial charge < -0.3 is 25.4 Å². The Hall–Kier alpha value is -2.79. The summed E-state index contributed by atoms with van der Waals surface area (Å²) in [6.45, 7) is 4.16. The maximum Gasteiger partial charge on any atom is 0.315 e. The molecule has 0 atom stereocenters. The van der Waals surface area contributed by atoms with Crippen LogP contribution in [0.2, 0.25) is 0 Å². The Bertz CT molecular complexity index is 671. The fourth-order valence-corrected chi connectivity index (χ4v) is 3.39. The van der Waals surface area contributed by atoms with Gasteiger partial charge in [0, 0.05) is 13.5 Å². The largest absolute Gasteiger partial charge is 0.437 e. The zero-order chi connectivity index (χ0) is 22.0. The summed E-state index contributed by atoms with van der Waals surface area (Å²) in [5.74, 6) is 1.10. The summed E-state index contributed by atoms with van der Waals surface area (Å²) in [6.07, 6.45) is 4.82. The average molecular weight is 433 g/mol. The first kappa shape index (κ1) is 25.2. The van der Waals surface area contributed by atoms with E-state index in [1.165, 1.54) is 19.8 Å². The van der Waals surface area contributed by atoms with E-state index in [2.05, 4.69) is 23.3 Å². The van der Waals surface area contributed by atoms with Crippen LogP contribution in [0.4, 0.5) is 4.79 Å². The van der Waals surface area contributed by atoms with Crippen molar-refractivity contribution in [2.24, 2.45) is 5.73 Å². The van der Waals surface area contributed by atoms with E-state index in [0.717, 1.165) is 24.3 Å². The van der Waals surface area contributed by atoms with Crippen LogP contribution in [0.3, 0.4) is 0 Å². The van der Waals surface area contributed by atoms with Crippen LogP contribution in [0.25, 0.3) is 0 Å². The number of urea groups is 1. The Morgan fingerprint density at radius 1 is 0.867 bits per heavy atom. The molecule has 2 aromatic rings. The van der Waals surface area contributed by atoms with E-state index in [1.807, 2.05) is 60.7 Å². The van der Waals surface area contributed by atoms with E-state index in [1.54, 1.807) is 0 Å². The normalized spacial score (nSPS) is 9.83. The number of hydrogen-bond donors (Lipinski definition) is 3. The molecule has 8 heteroatoms. The predicted molar refractivity (Wildman–Crippen MR) is 121 cm³/mol. The lowest BCUT2D eigenvalue weighted by atomic mass is 10.2. The second kappa shape index (κ2) is 16.1. The maximum absolute atomic E-state index is 12.0. The van der Waals surface area contributed by atoms with Gasteiger partial charge in [0.15, 0.2) is 0 Å². The Morgan fingerprint density at radius 2 is 1.37 bits per heavy atom. The van der Waals surface area contributed by atoms with Gasteiger partial charge in [-0.2, -0.15) is 0 Å². The molecule has 7 nitrogen and oxygen atoms in total. The molecule has 0 saturated carbocycles. The third kappa shape index (κ3) is 13.4. The first-order valence-electron chi connectivity index (χ1n) is 10.0. The van der Waals surface area contributed by atoms with Crippen molar-refractivity contribution in [3.63, 3.8) is 0 Å². The average Bonchev–Trinajstić information content (AvgIpc) is 2.73. The van der Waals surface area contributed by atoms with Crippen molar-refractivity contribution in [3.05, 3.63) is 60.7 Å². The lowest BCUT2D eigenvalue weighted by Gasteiger charge is -2.19. The van der Waals surface area contributed by atoms with Crippen LogP contribution in [-0.2, 0) is 4.79 Å². The molecule has 164 valence electrons. The standard InChI is InChI=1S/C20H27N2O3P.C2H5NO/c1-2-3-4-11-16-21-20(23)22-17-26(24-18-12-7-5-8-13-18)25-19-14-9-6-10-15-19;1-2(3)4/h5-10,12-15H,2-4,11,16-17H2,1H3,(H2,21,22,23);1H3,(H2,3,4). The molecule has 0 aromatic heterocycles. The Labute approximate surface area is 180 Å². The van der Waals surface area contributed by atoms with Gasteiger partial charge in [-0.25, -0.2) is 4.79 Å². The fraction of sp³-hybridized carbons (Fsp3) is 0.364. The monoisotopic (exact) mass is 433 g/mol. The number of primary amides is 1. The SMILES string of the molecule is CC(N)=O.CCCCCCNC(=O)NCP(Oc1ccccc1)Oc1ccccc1. The summed E-state index contributed by atoms with van der Waals surface area (Å²) in [6, 6.07) is 18.8. The molecule has 0 aliphatic rings. The van der Waals surface area contributed by atoms with Crippen molar-refractivity contribution in [2.45, 2.75) is 39.5 Å². The molecule has 3 amide bonds. The summed E-state index contributed by atoms with van der Waals surface area (Å²) in [4.78, 5) is 21.2. The highest BCUT2D eigenvalue weighted by Crippen LogP contribution is 2.39. The first-order valence-corrected chi connectivity index (χ1v) is 11.4. The lowest BCUT2D eigenvalue weighted by molar-refractivity contribution is -0.115. The first-order chi connectivity index (χ1) is 14.5. The number of hydrogen-bond acceptors (Lipinski definition) is 4. The number of benzene rings is 2. The minimum Gasteiger partial charge on any atom is -0.437 e. The molecule has 0 bridgehead atoms. The highest BCUT2D eigenvalue weighted by atomic mass is 31.2. The van der Waals surface area contributed by atoms with E-state index >= 15 is 0 Å². The molecular weight excluding hydrogens is 401 g/mol. The molecule has 0 spiro atoms. The van der Waals surface area contributed by atoms with Gasteiger partial charge in [0.25, 0.3) is 0 Å². The number of carbonyl (C=O) groups is 2. The second-order valence-electron chi connectivity index (χ2n) is 6.40. The van der Waals surface area contributed by atoms with Crippen LogP contribution in [0.15, 0.2) is 60.7 Å². The summed E-state index contributed by atoms with van der Waals surface area (Å²) in [7, 11) is -1.34. The number of carbonyl (C=O) groups excluding carboxylic acids is 2. The van der Waals surface area contributed by atoms with Crippen molar-refractivity contribution in [3.8, 4) is 11.5 Å². The third-order valence-electron chi connectivity index (χ3n) is 3.59. The van der Waals surface area contributed by atoms with Gasteiger partial charge in [0.05, 0.1) is 0 Å². The van der Waals surface area contributed by atoms with Gasteiger partial charge in [-0.3, -0.25) is 4.79 Å². The smallest absolute Gasteiger partial charge is 0.315 e. The topological polar surface area (TPSA) is 103 Å². The highest BCUT2D eigenvalue weighted by molar-refractivity contribution is 7.48. The second-order valence-corrected chi connectivity index (χ2v) is 7.75. The number of nitrogens with one attached hydrogen (secondary N) is 2. The van der Waals surface area contributed by atoms with Crippen LogP contribution < -0.4 is 25.4 Å². The number of rotatable bonds is 11. The number of amides is 3. The van der Waals surface area contributed by atoms with Gasteiger partial charge in [-0.1, -0.05) is 62.6 Å². The van der Waals surface area contributed by atoms with E-state index < -0.39 is 8.38 Å². The summed E-state index contributed by atoms with van der Waals surface area (Å²) < 4.78 is 11.9. The molecule has 0 unspecified atom stereocenters. The molecule has 0 fully saturated rings. The van der Waals surface area contributed by atoms with E-state index in [9.17, 15) is 9.59 Å². The van der Waals surface area contributed by atoms with Gasteiger partial charge in [-0.05, 0) is 30.7 Å². The van der Waals surface area contributed by atoms with Gasteiger partial charge in [0.2, 0.25) is 5.91 Å². The zero-order valence-electron chi connectivity index (χ0n) is 17.7. The number of nitrogens with two attached hydrogens (primary N) is 1. The van der Waals surface area contributed by atoms with Crippen molar-refractivity contribution < 1.29 is 18.6 Å². The Balaban J connectivity index is 0.00000103. The Kier molecular flexibility index (Phi) is 13.5. The molecular formula is C22H32N3O4P. The van der Waals surface area contributed by atoms with Crippen molar-refractivity contribution in [2.75, 3.05) is 12.8 Å². The summed E-state index contributed by atoms with van der Waals surface area (Å²) >= 11 is 0. The minimum atomic E-state index is -1.34. The van der Waals surface area contributed by atoms with E-state index in [-0.39, 0.29) is 11.9 Å². The molecule has 2 aromatic carbocycles. The van der Waals surface area contributed by atoms with E-state index in [0.29, 0.717) is 12.8 Å². The van der Waals surface area contributed by atoms with Crippen LogP contribution in [0.1, 0.15) is 39.5 Å². The predicted octanol–water partition coefficient (Wildman–Crippen LogP) is 4.78. The quantitative estimate of drug-likeness (QED) is 0.350. The lowest BCUT2D eigenvalue weighted by Crippen LogP contribution is -2.36. The van der Waals surface area contributed by atoms with Crippen molar-refractivity contribution in [1.29, 1.82) is 0 Å². The molecule has 2 rings (SSSR count). The Morgan fingerprint density at radius 3 is 1.83 bits per heavy atom. The van der Waals surface area contributed by atoms with Gasteiger partial charge in [-0.15, -0.1) is 0 Å². The number of unbranched alkanes of at least 4 members (excludes halogenated alkanes) is 3. The highest BCUT2D eigenvalue weighted by Gasteiger charge is 2.16. The molecule has 0 saturated heterocycles. The van der Waals surface area contributed by atoms with Crippen LogP contribution in [0, 0.1) is 0 Å². The summed E-state index contributed by atoms with van der Waals surface area (Å²) in [5.41, 5.74) is 4.47. The number of para-hydroxylation sites is 2. The fourth-order valence-electron chi connectivity index (χ4n) is 2.23. The molecule has 0 radical (unpaired) electrons. The molecule has 0 aliphatic heterocycles. The minimum absolute atomic E-state index is 0.192. The van der Waals surface area contributed by atoms with Gasteiger partial charge in [0.1, 0.15) is 17.8 Å². The van der Waals surface area contributed by atoms with Gasteiger partial charge >= 0.3 is 14.4 Å². The summed E-state index contributed by atoms with van der Waals surface area (Å²) in [5, 5.41) is 5.72. The molecule has 30 heavy (non-hydrogen) atoms. The van der Waals surface area contributed by atoms with Crippen molar-refractivity contribution >= 4 is 20.3 Å². The molecule has 0 heterocycles.